The molecule has 1 heterocycles. The zero-order valence-electron chi connectivity index (χ0n) is 14.2. The predicted molar refractivity (Wildman–Crippen MR) is 98.9 cm³/mol. The van der Waals surface area contributed by atoms with Crippen LogP contribution in [0.2, 0.25) is 0 Å². The first kappa shape index (κ1) is 19.9. The Morgan fingerprint density at radius 1 is 1.38 bits per heavy atom. The molecule has 6 heteroatoms. The van der Waals surface area contributed by atoms with Crippen molar-refractivity contribution >= 4 is 24.0 Å². The van der Waals surface area contributed by atoms with Crippen molar-refractivity contribution in [1.29, 1.82) is 0 Å². The molecule has 0 fully saturated rings. The number of nitrogens with zero attached hydrogens (tertiary/aromatic N) is 1. The van der Waals surface area contributed by atoms with Crippen LogP contribution in [0.4, 0.5) is 5.69 Å². The summed E-state index contributed by atoms with van der Waals surface area (Å²) in [5, 5.41) is 2.87. The summed E-state index contributed by atoms with van der Waals surface area (Å²) in [4.78, 5) is 16.3. The lowest BCUT2D eigenvalue weighted by Gasteiger charge is -2.23. The summed E-state index contributed by atoms with van der Waals surface area (Å²) in [5.74, 6) is 1.21. The number of nitrogens with one attached hydrogen (secondary N) is 1. The molecule has 0 aliphatic heterocycles. The molecular formula is C18H24ClN3O2. The van der Waals surface area contributed by atoms with Gasteiger partial charge < -0.3 is 15.8 Å². The van der Waals surface area contributed by atoms with E-state index in [1.807, 2.05) is 38.1 Å². The normalized spacial score (nSPS) is 12.7. The molecule has 1 aromatic carbocycles. The topological polar surface area (TPSA) is 77.2 Å². The van der Waals surface area contributed by atoms with Gasteiger partial charge in [0.15, 0.2) is 0 Å². The molecule has 0 saturated heterocycles. The average molecular weight is 350 g/mol. The van der Waals surface area contributed by atoms with E-state index < -0.39 is 5.54 Å². The molecule has 3 N–H and O–H groups in total. The number of aryl methyl sites for hydroxylation is 1. The summed E-state index contributed by atoms with van der Waals surface area (Å²) >= 11 is 0. The maximum Gasteiger partial charge on any atom is 0.244 e. The van der Waals surface area contributed by atoms with Crippen molar-refractivity contribution in [3.63, 3.8) is 0 Å². The third kappa shape index (κ3) is 5.22. The van der Waals surface area contributed by atoms with E-state index in [1.54, 1.807) is 25.4 Å². The summed E-state index contributed by atoms with van der Waals surface area (Å²) in [6.45, 7) is 5.68. The molecule has 130 valence electrons. The van der Waals surface area contributed by atoms with Crippen molar-refractivity contribution < 1.29 is 9.53 Å². The molecule has 0 aliphatic carbocycles. The molecule has 0 aliphatic rings. The van der Waals surface area contributed by atoms with Crippen molar-refractivity contribution in [2.75, 3.05) is 5.32 Å². The van der Waals surface area contributed by atoms with E-state index in [1.165, 1.54) is 0 Å². The van der Waals surface area contributed by atoms with E-state index in [9.17, 15) is 4.79 Å². The van der Waals surface area contributed by atoms with Crippen LogP contribution in [-0.2, 0) is 4.79 Å². The summed E-state index contributed by atoms with van der Waals surface area (Å²) in [6.07, 6.45) is 4.84. The van der Waals surface area contributed by atoms with Crippen LogP contribution in [0.5, 0.6) is 11.5 Å². The molecule has 0 bridgehead atoms. The number of benzene rings is 1. The predicted octanol–water partition coefficient (Wildman–Crippen LogP) is 4.06. The molecule has 0 saturated carbocycles. The molecule has 1 unspecified atom stereocenters. The highest BCUT2D eigenvalue weighted by Gasteiger charge is 2.27. The number of carbonyl (C=O) groups excluding carboxylic acids is 1. The summed E-state index contributed by atoms with van der Waals surface area (Å²) < 4.78 is 5.78. The molecule has 1 amide bonds. The zero-order chi connectivity index (χ0) is 16.9. The van der Waals surface area contributed by atoms with Crippen molar-refractivity contribution in [2.24, 2.45) is 5.73 Å². The van der Waals surface area contributed by atoms with Crippen molar-refractivity contribution in [3.8, 4) is 11.5 Å². The lowest BCUT2D eigenvalue weighted by atomic mass is 9.96. The quantitative estimate of drug-likeness (QED) is 0.824. The Hall–Kier alpha value is -2.11. The summed E-state index contributed by atoms with van der Waals surface area (Å²) in [7, 11) is 0. The lowest BCUT2D eigenvalue weighted by Crippen LogP contribution is -2.48. The van der Waals surface area contributed by atoms with Crippen LogP contribution in [0.15, 0.2) is 42.7 Å². The van der Waals surface area contributed by atoms with Crippen molar-refractivity contribution in [1.82, 2.24) is 4.98 Å². The number of rotatable bonds is 6. The van der Waals surface area contributed by atoms with E-state index in [-0.39, 0.29) is 18.3 Å². The van der Waals surface area contributed by atoms with Gasteiger partial charge in [-0.05, 0) is 56.2 Å². The van der Waals surface area contributed by atoms with Gasteiger partial charge in [0.25, 0.3) is 0 Å². The molecule has 0 radical (unpaired) electrons. The van der Waals surface area contributed by atoms with Crippen LogP contribution >= 0.6 is 12.4 Å². The molecule has 1 atom stereocenters. The number of pyridine rings is 1. The Morgan fingerprint density at radius 3 is 2.71 bits per heavy atom. The minimum Gasteiger partial charge on any atom is -0.455 e. The van der Waals surface area contributed by atoms with Crippen LogP contribution < -0.4 is 15.8 Å². The Balaban J connectivity index is 0.00000288. The minimum atomic E-state index is -0.868. The number of amides is 1. The van der Waals surface area contributed by atoms with E-state index in [4.69, 9.17) is 10.5 Å². The highest BCUT2D eigenvalue weighted by molar-refractivity contribution is 5.97. The Morgan fingerprint density at radius 2 is 2.12 bits per heavy atom. The second-order valence-corrected chi connectivity index (χ2v) is 5.89. The molecule has 1 aromatic heterocycles. The van der Waals surface area contributed by atoms with Gasteiger partial charge in [0.2, 0.25) is 5.91 Å². The smallest absolute Gasteiger partial charge is 0.244 e. The van der Waals surface area contributed by atoms with Gasteiger partial charge in [-0.25, -0.2) is 0 Å². The average Bonchev–Trinajstić information content (AvgIpc) is 2.51. The number of carbonyl (C=O) groups is 1. The van der Waals surface area contributed by atoms with Gasteiger partial charge in [-0.15, -0.1) is 12.4 Å². The van der Waals surface area contributed by atoms with Gasteiger partial charge in [-0.3, -0.25) is 9.78 Å². The Labute approximate surface area is 149 Å². The first-order valence-corrected chi connectivity index (χ1v) is 7.71. The van der Waals surface area contributed by atoms with Crippen LogP contribution in [0.1, 0.15) is 32.3 Å². The van der Waals surface area contributed by atoms with Gasteiger partial charge in [0, 0.05) is 11.9 Å². The third-order valence-corrected chi connectivity index (χ3v) is 3.58. The highest BCUT2D eigenvalue weighted by atomic mass is 35.5. The van der Waals surface area contributed by atoms with E-state index >= 15 is 0 Å². The number of hydrogen-bond acceptors (Lipinski definition) is 4. The number of halogens is 1. The van der Waals surface area contributed by atoms with Gasteiger partial charge >= 0.3 is 0 Å². The van der Waals surface area contributed by atoms with Gasteiger partial charge in [0.1, 0.15) is 11.5 Å². The molecule has 2 rings (SSSR count). The Bertz CT molecular complexity index is 675. The van der Waals surface area contributed by atoms with Crippen LogP contribution in [0.3, 0.4) is 0 Å². The van der Waals surface area contributed by atoms with Crippen LogP contribution in [0.25, 0.3) is 0 Å². The molecule has 5 nitrogen and oxygen atoms in total. The summed E-state index contributed by atoms with van der Waals surface area (Å²) in [5.41, 5.74) is 6.80. The fourth-order valence-corrected chi connectivity index (χ4v) is 2.28. The minimum absolute atomic E-state index is 0. The number of aromatic nitrogens is 1. The second-order valence-electron chi connectivity index (χ2n) is 5.89. The Kier molecular flexibility index (Phi) is 7.19. The number of ether oxygens (including phenoxy) is 1. The first-order valence-electron chi connectivity index (χ1n) is 7.71. The van der Waals surface area contributed by atoms with Crippen LogP contribution in [0, 0.1) is 6.92 Å². The van der Waals surface area contributed by atoms with Crippen molar-refractivity contribution in [3.05, 3.63) is 48.3 Å². The first-order chi connectivity index (χ1) is 10.9. The van der Waals surface area contributed by atoms with Crippen molar-refractivity contribution in [2.45, 2.75) is 39.2 Å². The fourth-order valence-electron chi connectivity index (χ4n) is 2.28. The maximum absolute atomic E-state index is 12.2. The fraction of sp³-hybridized carbons (Fsp3) is 0.333. The highest BCUT2D eigenvalue weighted by Crippen LogP contribution is 2.27. The SMILES string of the molecule is CCCC(C)(N)C(=O)Nc1ccc(Oc2cccnc2)c(C)c1.Cl. The van der Waals surface area contributed by atoms with Gasteiger partial charge in [-0.2, -0.15) is 0 Å². The number of anilines is 1. The molecule has 0 spiro atoms. The lowest BCUT2D eigenvalue weighted by molar-refractivity contribution is -0.120. The van der Waals surface area contributed by atoms with E-state index in [2.05, 4.69) is 10.3 Å². The molecule has 24 heavy (non-hydrogen) atoms. The van der Waals surface area contributed by atoms with Gasteiger partial charge in [-0.1, -0.05) is 13.3 Å². The largest absolute Gasteiger partial charge is 0.455 e. The van der Waals surface area contributed by atoms with E-state index in [0.717, 1.165) is 17.7 Å². The number of nitrogens with two attached hydrogens (primary N) is 1. The number of hydrogen-bond donors (Lipinski definition) is 2. The maximum atomic E-state index is 12.2. The second kappa shape index (κ2) is 8.66. The van der Waals surface area contributed by atoms with Crippen LogP contribution in [-0.4, -0.2) is 16.4 Å². The molecule has 2 aromatic rings. The van der Waals surface area contributed by atoms with E-state index in [0.29, 0.717) is 17.9 Å². The van der Waals surface area contributed by atoms with Gasteiger partial charge in [0.05, 0.1) is 11.7 Å². The molecular weight excluding hydrogens is 326 g/mol. The monoisotopic (exact) mass is 349 g/mol. The summed E-state index contributed by atoms with van der Waals surface area (Å²) in [6, 6.07) is 9.15. The standard InChI is InChI=1S/C18H23N3O2.ClH/c1-4-9-18(3,19)17(22)21-14-7-8-16(13(2)11-14)23-15-6-5-10-20-12-15;/h5-8,10-12H,4,9,19H2,1-3H3,(H,21,22);1H. The zero-order valence-corrected chi connectivity index (χ0v) is 15.0. The third-order valence-electron chi connectivity index (χ3n) is 3.58.